The van der Waals surface area contributed by atoms with Crippen LogP contribution in [0.3, 0.4) is 0 Å². The third-order valence-corrected chi connectivity index (χ3v) is 6.00. The Morgan fingerprint density at radius 3 is 2.85 bits per heavy atom. The van der Waals surface area contributed by atoms with Crippen LogP contribution in [0, 0.1) is 6.92 Å². The Balaban J connectivity index is 1.60. The summed E-state index contributed by atoms with van der Waals surface area (Å²) in [7, 11) is 1.94. The Hall–Kier alpha value is -2.12. The minimum Gasteiger partial charge on any atom is -0.346 e. The van der Waals surface area contributed by atoms with E-state index in [0.29, 0.717) is 6.42 Å². The van der Waals surface area contributed by atoms with Gasteiger partial charge in [-0.1, -0.05) is 36.0 Å². The van der Waals surface area contributed by atoms with E-state index in [-0.39, 0.29) is 11.9 Å². The third kappa shape index (κ3) is 4.53. The molecule has 5 nitrogen and oxygen atoms in total. The number of aryl methyl sites for hydroxylation is 1. The lowest BCUT2D eigenvalue weighted by Crippen LogP contribution is -2.29. The van der Waals surface area contributed by atoms with Gasteiger partial charge in [-0.05, 0) is 47.4 Å². The third-order valence-electron chi connectivity index (χ3n) is 4.20. The second-order valence-corrected chi connectivity index (χ2v) is 7.94. The number of thiophene rings is 1. The summed E-state index contributed by atoms with van der Waals surface area (Å²) in [6.45, 7) is 4.05. The molecule has 1 atom stereocenters. The van der Waals surface area contributed by atoms with Crippen molar-refractivity contribution in [1.82, 2.24) is 20.1 Å². The molecular formula is C19H22N4OS2. The van der Waals surface area contributed by atoms with E-state index in [0.717, 1.165) is 22.3 Å². The smallest absolute Gasteiger partial charge is 0.225 e. The summed E-state index contributed by atoms with van der Waals surface area (Å²) < 4.78 is 1.96. The van der Waals surface area contributed by atoms with Gasteiger partial charge < -0.3 is 9.88 Å². The second-order valence-electron chi connectivity index (χ2n) is 6.21. The highest BCUT2D eigenvalue weighted by atomic mass is 32.2. The zero-order valence-electron chi connectivity index (χ0n) is 15.1. The van der Waals surface area contributed by atoms with Crippen LogP contribution in [0.1, 0.15) is 35.5 Å². The molecule has 0 radical (unpaired) electrons. The van der Waals surface area contributed by atoms with Crippen LogP contribution in [-0.2, 0) is 24.0 Å². The molecule has 26 heavy (non-hydrogen) atoms. The van der Waals surface area contributed by atoms with E-state index in [4.69, 9.17) is 0 Å². The molecule has 3 aromatic rings. The second kappa shape index (κ2) is 8.51. The van der Waals surface area contributed by atoms with E-state index in [9.17, 15) is 4.79 Å². The van der Waals surface area contributed by atoms with Crippen LogP contribution in [0.5, 0.6) is 0 Å². The van der Waals surface area contributed by atoms with E-state index < -0.39 is 0 Å². The zero-order chi connectivity index (χ0) is 18.5. The zero-order valence-corrected chi connectivity index (χ0v) is 16.7. The molecule has 0 unspecified atom stereocenters. The number of carbonyl (C=O) groups is 1. The molecule has 1 N–H and O–H groups in total. The molecule has 7 heteroatoms. The van der Waals surface area contributed by atoms with E-state index in [1.807, 2.05) is 41.4 Å². The quantitative estimate of drug-likeness (QED) is 0.626. The molecule has 0 aliphatic carbocycles. The average Bonchev–Trinajstić information content (AvgIpc) is 3.24. The molecule has 2 aromatic heterocycles. The summed E-state index contributed by atoms with van der Waals surface area (Å²) in [6.07, 6.45) is 0.389. The highest BCUT2D eigenvalue weighted by molar-refractivity contribution is 7.98. The first-order chi connectivity index (χ1) is 12.5. The Kier molecular flexibility index (Phi) is 6.11. The molecule has 0 bridgehead atoms. The molecule has 2 heterocycles. The lowest BCUT2D eigenvalue weighted by Gasteiger charge is -2.13. The Morgan fingerprint density at radius 1 is 1.31 bits per heavy atom. The molecule has 0 aliphatic heterocycles. The fraction of sp³-hybridized carbons (Fsp3) is 0.316. The minimum atomic E-state index is -0.188. The Morgan fingerprint density at radius 2 is 2.12 bits per heavy atom. The van der Waals surface area contributed by atoms with Crippen LogP contribution in [0.25, 0.3) is 0 Å². The van der Waals surface area contributed by atoms with Crippen LogP contribution < -0.4 is 5.32 Å². The van der Waals surface area contributed by atoms with Gasteiger partial charge >= 0.3 is 0 Å². The van der Waals surface area contributed by atoms with Gasteiger partial charge in [-0.3, -0.25) is 4.79 Å². The number of carbonyl (C=O) groups excluding carboxylic acids is 1. The van der Waals surface area contributed by atoms with E-state index in [2.05, 4.69) is 40.6 Å². The number of rotatable bonds is 7. The maximum atomic E-state index is 12.2. The van der Waals surface area contributed by atoms with Gasteiger partial charge in [0.2, 0.25) is 5.91 Å². The molecule has 0 saturated heterocycles. The average molecular weight is 387 g/mol. The first-order valence-electron chi connectivity index (χ1n) is 8.41. The molecular weight excluding hydrogens is 364 g/mol. The summed E-state index contributed by atoms with van der Waals surface area (Å²) >= 11 is 3.25. The summed E-state index contributed by atoms with van der Waals surface area (Å²) in [6, 6.07) is 10.1. The first-order valence-corrected chi connectivity index (χ1v) is 10.3. The van der Waals surface area contributed by atoms with Crippen molar-refractivity contribution in [1.29, 1.82) is 0 Å². The fourth-order valence-corrected chi connectivity index (χ4v) is 4.34. The fourth-order valence-electron chi connectivity index (χ4n) is 2.68. The van der Waals surface area contributed by atoms with Crippen molar-refractivity contribution in [3.63, 3.8) is 0 Å². The standard InChI is InChI=1S/C19H22N4OS2/c1-13-6-4-5-7-16(13)12-26-19-22-21-18(23(19)3)14(2)20-17(24)10-15-8-9-25-11-15/h4-9,11,14H,10,12H2,1-3H3,(H,20,24)/t14-/m0/s1. The van der Waals surface area contributed by atoms with Crippen molar-refractivity contribution in [2.24, 2.45) is 7.05 Å². The van der Waals surface area contributed by atoms with Crippen molar-refractivity contribution in [3.8, 4) is 0 Å². The van der Waals surface area contributed by atoms with Gasteiger partial charge in [0.15, 0.2) is 11.0 Å². The predicted molar refractivity (Wildman–Crippen MR) is 106 cm³/mol. The normalized spacial score (nSPS) is 12.1. The highest BCUT2D eigenvalue weighted by Crippen LogP contribution is 2.24. The van der Waals surface area contributed by atoms with Gasteiger partial charge in [0.25, 0.3) is 0 Å². The Labute approximate surface area is 161 Å². The largest absolute Gasteiger partial charge is 0.346 e. The number of nitrogens with zero attached hydrogens (tertiary/aromatic N) is 3. The summed E-state index contributed by atoms with van der Waals surface area (Å²) in [5.41, 5.74) is 3.60. The van der Waals surface area contributed by atoms with Gasteiger partial charge in [0.05, 0.1) is 12.5 Å². The van der Waals surface area contributed by atoms with E-state index in [1.165, 1.54) is 11.1 Å². The minimum absolute atomic E-state index is 0.00647. The van der Waals surface area contributed by atoms with Gasteiger partial charge in [-0.25, -0.2) is 0 Å². The number of thioether (sulfide) groups is 1. The SMILES string of the molecule is Cc1ccccc1CSc1nnc([C@H](C)NC(=O)Cc2ccsc2)n1C. The summed E-state index contributed by atoms with van der Waals surface area (Å²) in [5, 5.41) is 16.4. The lowest BCUT2D eigenvalue weighted by atomic mass is 10.1. The molecule has 136 valence electrons. The Bertz CT molecular complexity index is 874. The lowest BCUT2D eigenvalue weighted by molar-refractivity contribution is -0.121. The van der Waals surface area contributed by atoms with E-state index >= 15 is 0 Å². The number of benzene rings is 1. The van der Waals surface area contributed by atoms with Crippen LogP contribution in [0.15, 0.2) is 46.2 Å². The van der Waals surface area contributed by atoms with Crippen molar-refractivity contribution in [3.05, 3.63) is 63.6 Å². The summed E-state index contributed by atoms with van der Waals surface area (Å²) in [4.78, 5) is 12.2. The van der Waals surface area contributed by atoms with Gasteiger partial charge in [0, 0.05) is 12.8 Å². The number of nitrogens with one attached hydrogen (secondary N) is 1. The van der Waals surface area contributed by atoms with Crippen LogP contribution in [0.2, 0.25) is 0 Å². The van der Waals surface area contributed by atoms with Gasteiger partial charge in [-0.15, -0.1) is 10.2 Å². The van der Waals surface area contributed by atoms with Crippen LogP contribution in [0.4, 0.5) is 0 Å². The molecule has 0 fully saturated rings. The van der Waals surface area contributed by atoms with Crippen molar-refractivity contribution in [2.75, 3.05) is 0 Å². The molecule has 0 spiro atoms. The van der Waals surface area contributed by atoms with Gasteiger partial charge in [0.1, 0.15) is 0 Å². The summed E-state index contributed by atoms with van der Waals surface area (Å²) in [5.74, 6) is 1.60. The van der Waals surface area contributed by atoms with Crippen LogP contribution in [-0.4, -0.2) is 20.7 Å². The number of hydrogen-bond donors (Lipinski definition) is 1. The molecule has 3 rings (SSSR count). The maximum Gasteiger partial charge on any atom is 0.225 e. The van der Waals surface area contributed by atoms with Crippen molar-refractivity contribution >= 4 is 29.0 Å². The van der Waals surface area contributed by atoms with E-state index in [1.54, 1.807) is 23.1 Å². The van der Waals surface area contributed by atoms with Crippen molar-refractivity contribution < 1.29 is 4.79 Å². The first kappa shape index (κ1) is 18.7. The highest BCUT2D eigenvalue weighted by Gasteiger charge is 2.18. The van der Waals surface area contributed by atoms with Gasteiger partial charge in [-0.2, -0.15) is 11.3 Å². The molecule has 1 amide bonds. The molecule has 0 saturated carbocycles. The van der Waals surface area contributed by atoms with Crippen LogP contribution >= 0.6 is 23.1 Å². The maximum absolute atomic E-state index is 12.2. The molecule has 1 aromatic carbocycles. The number of amides is 1. The predicted octanol–water partition coefficient (Wildman–Crippen LogP) is 3.90. The topological polar surface area (TPSA) is 59.8 Å². The monoisotopic (exact) mass is 386 g/mol. The van der Waals surface area contributed by atoms with Crippen molar-refractivity contribution in [2.45, 2.75) is 37.2 Å². The molecule has 0 aliphatic rings. The number of aromatic nitrogens is 3. The number of hydrogen-bond acceptors (Lipinski definition) is 5.